The number of carbonyl (C=O) groups is 2. The summed E-state index contributed by atoms with van der Waals surface area (Å²) in [5, 5.41) is 9.43. The summed E-state index contributed by atoms with van der Waals surface area (Å²) in [7, 11) is 2.20. The number of rotatable bonds is 4. The Bertz CT molecular complexity index is 1210. The van der Waals surface area contributed by atoms with Crippen LogP contribution in [0.1, 0.15) is 11.5 Å². The lowest BCUT2D eigenvalue weighted by atomic mass is 9.81. The van der Waals surface area contributed by atoms with Gasteiger partial charge in [-0.05, 0) is 17.7 Å². The Kier molecular flexibility index (Phi) is 6.72. The molecule has 0 radical (unpaired) electrons. The minimum atomic E-state index is -1.06. The SMILES string of the molecule is COC(=O)C1=C(C(=O)OC)N(c2ccc(Cl)c(Cl)c2F)C(N)=C(C#N)C1c1ccccc1. The van der Waals surface area contributed by atoms with E-state index in [1.54, 1.807) is 30.3 Å². The van der Waals surface area contributed by atoms with Gasteiger partial charge in [-0.25, -0.2) is 14.0 Å². The Hall–Kier alpha value is -3.54. The first-order valence-electron chi connectivity index (χ1n) is 9.07. The fourth-order valence-electron chi connectivity index (χ4n) is 3.45. The average molecular weight is 476 g/mol. The van der Waals surface area contributed by atoms with E-state index in [0.29, 0.717) is 5.56 Å². The maximum Gasteiger partial charge on any atom is 0.355 e. The number of esters is 2. The lowest BCUT2D eigenvalue weighted by Gasteiger charge is -2.36. The van der Waals surface area contributed by atoms with E-state index < -0.39 is 34.4 Å². The molecular formula is C22H16Cl2FN3O4. The number of halogens is 3. The molecule has 1 aliphatic rings. The molecule has 164 valence electrons. The summed E-state index contributed by atoms with van der Waals surface area (Å²) in [4.78, 5) is 26.7. The van der Waals surface area contributed by atoms with Gasteiger partial charge in [-0.1, -0.05) is 53.5 Å². The number of ether oxygens (including phenoxy) is 2. The molecule has 2 aromatic rings. The largest absolute Gasteiger partial charge is 0.466 e. The van der Waals surface area contributed by atoms with Gasteiger partial charge in [0.25, 0.3) is 0 Å². The molecule has 0 fully saturated rings. The van der Waals surface area contributed by atoms with Crippen molar-refractivity contribution in [2.24, 2.45) is 5.73 Å². The van der Waals surface area contributed by atoms with Crippen molar-refractivity contribution < 1.29 is 23.5 Å². The van der Waals surface area contributed by atoms with Gasteiger partial charge in [0.15, 0.2) is 5.82 Å². The second kappa shape index (κ2) is 9.30. The minimum absolute atomic E-state index is 0.0769. The van der Waals surface area contributed by atoms with Crippen LogP contribution in [0.15, 0.2) is 65.1 Å². The topological polar surface area (TPSA) is 106 Å². The molecule has 1 heterocycles. The van der Waals surface area contributed by atoms with Crippen molar-refractivity contribution in [3.63, 3.8) is 0 Å². The standard InChI is InChI=1S/C22H16Cl2FN3O4/c1-31-21(29)16-15(11-6-4-3-5-7-11)12(10-26)20(27)28(19(16)22(30)32-2)14-9-8-13(23)17(24)18(14)25/h3-9,15H,27H2,1-2H3. The Balaban J connectivity index is 2.46. The van der Waals surface area contributed by atoms with Crippen LogP contribution in [0.4, 0.5) is 10.1 Å². The van der Waals surface area contributed by atoms with Crippen molar-refractivity contribution in [1.82, 2.24) is 0 Å². The minimum Gasteiger partial charge on any atom is -0.466 e. The van der Waals surface area contributed by atoms with Crippen molar-refractivity contribution >= 4 is 40.8 Å². The van der Waals surface area contributed by atoms with Gasteiger partial charge in [0.05, 0.1) is 53.1 Å². The second-order valence-corrected chi connectivity index (χ2v) is 7.31. The average Bonchev–Trinajstić information content (AvgIpc) is 2.81. The highest BCUT2D eigenvalue weighted by atomic mass is 35.5. The Morgan fingerprint density at radius 2 is 1.72 bits per heavy atom. The summed E-state index contributed by atoms with van der Waals surface area (Å²) in [5.41, 5.74) is 5.70. The quantitative estimate of drug-likeness (QED) is 0.525. The number of anilines is 1. The van der Waals surface area contributed by atoms with E-state index in [1.165, 1.54) is 12.1 Å². The van der Waals surface area contributed by atoms with E-state index in [4.69, 9.17) is 38.4 Å². The van der Waals surface area contributed by atoms with E-state index in [9.17, 15) is 14.9 Å². The number of hydrogen-bond donors (Lipinski definition) is 1. The molecule has 1 atom stereocenters. The molecule has 0 amide bonds. The summed E-state index contributed by atoms with van der Waals surface area (Å²) in [5.74, 6) is -4.29. The molecule has 10 heteroatoms. The molecule has 7 nitrogen and oxygen atoms in total. The molecule has 2 N–H and O–H groups in total. The van der Waals surface area contributed by atoms with Crippen molar-refractivity contribution in [2.45, 2.75) is 5.92 Å². The molecule has 1 aliphatic heterocycles. The molecule has 0 bridgehead atoms. The smallest absolute Gasteiger partial charge is 0.355 e. The van der Waals surface area contributed by atoms with Crippen LogP contribution in [0.25, 0.3) is 0 Å². The summed E-state index contributed by atoms with van der Waals surface area (Å²) >= 11 is 11.8. The van der Waals surface area contributed by atoms with E-state index >= 15 is 4.39 Å². The van der Waals surface area contributed by atoms with Gasteiger partial charge >= 0.3 is 11.9 Å². The first-order valence-corrected chi connectivity index (χ1v) is 9.83. The summed E-state index contributed by atoms with van der Waals surface area (Å²) < 4.78 is 24.9. The fraction of sp³-hybridized carbons (Fsp3) is 0.136. The molecule has 2 aromatic carbocycles. The molecule has 3 rings (SSSR count). The second-order valence-electron chi connectivity index (χ2n) is 6.53. The zero-order valence-corrected chi connectivity index (χ0v) is 18.4. The number of hydrogen-bond acceptors (Lipinski definition) is 7. The number of allylic oxidation sites excluding steroid dienone is 1. The Morgan fingerprint density at radius 3 is 2.28 bits per heavy atom. The zero-order chi connectivity index (χ0) is 23.6. The van der Waals surface area contributed by atoms with Crippen LogP contribution in [0.2, 0.25) is 10.0 Å². The first kappa shape index (κ1) is 23.1. The molecule has 0 saturated carbocycles. The van der Waals surface area contributed by atoms with Gasteiger partial charge in [-0.15, -0.1) is 0 Å². The lowest BCUT2D eigenvalue weighted by Crippen LogP contribution is -2.41. The number of benzene rings is 2. The van der Waals surface area contributed by atoms with E-state index in [2.05, 4.69) is 0 Å². The van der Waals surface area contributed by atoms with Crippen LogP contribution >= 0.6 is 23.2 Å². The monoisotopic (exact) mass is 475 g/mol. The number of nitrogens with zero attached hydrogens (tertiary/aromatic N) is 2. The third kappa shape index (κ3) is 3.77. The molecule has 0 aromatic heterocycles. The van der Waals surface area contributed by atoms with Crippen molar-refractivity contribution in [3.8, 4) is 6.07 Å². The highest BCUT2D eigenvalue weighted by molar-refractivity contribution is 6.42. The van der Waals surface area contributed by atoms with E-state index in [0.717, 1.165) is 19.1 Å². The third-order valence-electron chi connectivity index (χ3n) is 4.87. The van der Waals surface area contributed by atoms with Crippen molar-refractivity contribution in [1.29, 1.82) is 5.26 Å². The number of nitriles is 1. The molecule has 0 saturated heterocycles. The predicted octanol–water partition coefficient (Wildman–Crippen LogP) is 4.03. The maximum absolute atomic E-state index is 15.1. The van der Waals surface area contributed by atoms with Crippen molar-refractivity contribution in [3.05, 3.63) is 86.6 Å². The number of nitrogens with two attached hydrogens (primary N) is 1. The van der Waals surface area contributed by atoms with Crippen LogP contribution in [-0.4, -0.2) is 26.2 Å². The van der Waals surface area contributed by atoms with Gasteiger partial charge < -0.3 is 15.2 Å². The van der Waals surface area contributed by atoms with Gasteiger partial charge in [0.1, 0.15) is 11.5 Å². The normalized spacial score (nSPS) is 16.0. The Morgan fingerprint density at radius 1 is 1.09 bits per heavy atom. The molecule has 0 spiro atoms. The Labute approximate surface area is 193 Å². The summed E-state index contributed by atoms with van der Waals surface area (Å²) in [6.07, 6.45) is 0. The van der Waals surface area contributed by atoms with E-state index in [-0.39, 0.29) is 27.7 Å². The van der Waals surface area contributed by atoms with Gasteiger partial charge in [-0.3, -0.25) is 4.90 Å². The summed E-state index contributed by atoms with van der Waals surface area (Å²) in [6.45, 7) is 0. The van der Waals surface area contributed by atoms with Crippen LogP contribution in [-0.2, 0) is 19.1 Å². The van der Waals surface area contributed by atoms with Gasteiger partial charge in [0.2, 0.25) is 0 Å². The molecule has 1 unspecified atom stereocenters. The molecule has 32 heavy (non-hydrogen) atoms. The van der Waals surface area contributed by atoms with Crippen LogP contribution in [0.5, 0.6) is 0 Å². The zero-order valence-electron chi connectivity index (χ0n) is 16.9. The third-order valence-corrected chi connectivity index (χ3v) is 5.65. The number of carbonyl (C=O) groups excluding carboxylic acids is 2. The highest BCUT2D eigenvalue weighted by Gasteiger charge is 2.43. The van der Waals surface area contributed by atoms with E-state index in [1.807, 2.05) is 6.07 Å². The van der Waals surface area contributed by atoms with Crippen LogP contribution in [0, 0.1) is 17.1 Å². The lowest BCUT2D eigenvalue weighted by molar-refractivity contribution is -0.139. The highest BCUT2D eigenvalue weighted by Crippen LogP contribution is 2.44. The molecule has 0 aliphatic carbocycles. The van der Waals surface area contributed by atoms with Gasteiger partial charge in [-0.2, -0.15) is 5.26 Å². The first-order chi connectivity index (χ1) is 15.3. The predicted molar refractivity (Wildman–Crippen MR) is 116 cm³/mol. The summed E-state index contributed by atoms with van der Waals surface area (Å²) in [6, 6.07) is 12.9. The fourth-order valence-corrected chi connectivity index (χ4v) is 3.76. The van der Waals surface area contributed by atoms with Crippen LogP contribution < -0.4 is 10.6 Å². The van der Waals surface area contributed by atoms with Crippen LogP contribution in [0.3, 0.4) is 0 Å². The molecular weight excluding hydrogens is 460 g/mol. The number of methoxy groups -OCH3 is 2. The van der Waals surface area contributed by atoms with Gasteiger partial charge in [0, 0.05) is 0 Å². The van der Waals surface area contributed by atoms with Crippen molar-refractivity contribution in [2.75, 3.05) is 19.1 Å². The maximum atomic E-state index is 15.1.